The van der Waals surface area contributed by atoms with Crippen molar-refractivity contribution in [1.29, 1.82) is 0 Å². The molecule has 0 bridgehead atoms. The van der Waals surface area contributed by atoms with Crippen molar-refractivity contribution in [3.05, 3.63) is 12.0 Å². The van der Waals surface area contributed by atoms with E-state index < -0.39 is 10.0 Å². The summed E-state index contributed by atoms with van der Waals surface area (Å²) in [5, 5.41) is 0.993. The summed E-state index contributed by atoms with van der Waals surface area (Å²) in [7, 11) is -3.44. The normalized spacial score (nSPS) is 36.7. The van der Waals surface area contributed by atoms with Crippen LogP contribution in [0.3, 0.4) is 0 Å². The number of nitrogens with zero attached hydrogens (tertiary/aromatic N) is 2. The van der Waals surface area contributed by atoms with Gasteiger partial charge in [-0.3, -0.25) is 4.90 Å². The predicted molar refractivity (Wildman–Crippen MR) is 74.5 cm³/mol. The Morgan fingerprint density at radius 1 is 1.25 bits per heavy atom. The maximum absolute atomic E-state index is 12.0. The Morgan fingerprint density at radius 2 is 2.05 bits per heavy atom. The topological polar surface area (TPSA) is 59.1 Å². The van der Waals surface area contributed by atoms with Gasteiger partial charge in [-0.25, -0.2) is 8.42 Å². The summed E-state index contributed by atoms with van der Waals surface area (Å²) in [6.07, 6.45) is 3.50. The van der Waals surface area contributed by atoms with Crippen LogP contribution in [-0.2, 0) is 19.5 Å². The zero-order valence-electron chi connectivity index (χ0n) is 11.7. The van der Waals surface area contributed by atoms with Crippen molar-refractivity contribution in [3.8, 4) is 0 Å². The molecule has 3 heterocycles. The summed E-state index contributed by atoms with van der Waals surface area (Å²) in [6.45, 7) is 6.74. The number of hydrogen-bond donors (Lipinski definition) is 0. The molecular weight excluding hydrogens is 280 g/mol. The molecular formula is C13H22N2O4S. The molecule has 1 spiro atoms. The number of ether oxygens (including phenoxy) is 2. The molecule has 0 saturated carbocycles. The second kappa shape index (κ2) is 5.38. The Hall–Kier alpha value is -0.470. The van der Waals surface area contributed by atoms with Crippen LogP contribution in [0.2, 0.25) is 0 Å². The summed E-state index contributed by atoms with van der Waals surface area (Å²) in [5.41, 5.74) is -0.336. The summed E-state index contributed by atoms with van der Waals surface area (Å²) in [4.78, 5) is 2.42. The molecule has 114 valence electrons. The lowest BCUT2D eigenvalue weighted by atomic mass is 9.89. The van der Waals surface area contributed by atoms with Gasteiger partial charge in [0.05, 0.1) is 25.4 Å². The van der Waals surface area contributed by atoms with Crippen LogP contribution in [0.4, 0.5) is 0 Å². The van der Waals surface area contributed by atoms with E-state index in [1.807, 2.05) is 0 Å². The minimum atomic E-state index is -3.44. The standard InChI is InChI=1S/C13H22N2O4S/c1-2-20(16,17)14-8-13(10-19-11-14)9-18-7-12-5-3-4-6-15(12)13/h2,12H,1,3-11H2/t12-,13-/m1/s1. The minimum Gasteiger partial charge on any atom is -0.378 e. The molecule has 6 nitrogen and oxygen atoms in total. The van der Waals surface area contributed by atoms with Gasteiger partial charge in [-0.15, -0.1) is 0 Å². The highest BCUT2D eigenvalue weighted by atomic mass is 32.2. The molecule has 20 heavy (non-hydrogen) atoms. The van der Waals surface area contributed by atoms with Crippen LogP contribution >= 0.6 is 0 Å². The summed E-state index contributed by atoms with van der Waals surface area (Å²) < 4.78 is 36.7. The van der Waals surface area contributed by atoms with Crippen LogP contribution < -0.4 is 0 Å². The van der Waals surface area contributed by atoms with E-state index in [1.54, 1.807) is 0 Å². The maximum Gasteiger partial charge on any atom is 0.237 e. The number of rotatable bonds is 2. The molecule has 3 aliphatic rings. The van der Waals surface area contributed by atoms with E-state index in [0.717, 1.165) is 31.4 Å². The van der Waals surface area contributed by atoms with Crippen LogP contribution in [0, 0.1) is 0 Å². The minimum absolute atomic E-state index is 0.106. The van der Waals surface area contributed by atoms with Gasteiger partial charge in [0.15, 0.2) is 0 Å². The molecule has 3 saturated heterocycles. The van der Waals surface area contributed by atoms with Crippen molar-refractivity contribution >= 4 is 10.0 Å². The quantitative estimate of drug-likeness (QED) is 0.738. The van der Waals surface area contributed by atoms with Crippen LogP contribution in [0.5, 0.6) is 0 Å². The van der Waals surface area contributed by atoms with Crippen LogP contribution in [0.1, 0.15) is 19.3 Å². The van der Waals surface area contributed by atoms with E-state index >= 15 is 0 Å². The predicted octanol–water partition coefficient (Wildman–Crippen LogP) is 0.373. The SMILES string of the molecule is C=CS(=O)(=O)N1COC[C@]2(COC[C@H]3CCCCN32)C1. The van der Waals surface area contributed by atoms with Gasteiger partial charge in [0, 0.05) is 18.0 Å². The monoisotopic (exact) mass is 302 g/mol. The Labute approximate surface area is 120 Å². The number of fused-ring (bicyclic) bond motifs is 2. The third-order valence-corrected chi connectivity index (χ3v) is 5.94. The van der Waals surface area contributed by atoms with Gasteiger partial charge >= 0.3 is 0 Å². The molecule has 7 heteroatoms. The lowest BCUT2D eigenvalue weighted by molar-refractivity contribution is -0.175. The van der Waals surface area contributed by atoms with Gasteiger partial charge in [-0.2, -0.15) is 4.31 Å². The summed E-state index contributed by atoms with van der Waals surface area (Å²) in [6, 6.07) is 0.396. The van der Waals surface area contributed by atoms with Gasteiger partial charge in [0.1, 0.15) is 6.73 Å². The van der Waals surface area contributed by atoms with E-state index in [-0.39, 0.29) is 12.3 Å². The molecule has 0 radical (unpaired) electrons. The van der Waals surface area contributed by atoms with Crippen LogP contribution in [0.15, 0.2) is 12.0 Å². The average molecular weight is 302 g/mol. The summed E-state index contributed by atoms with van der Waals surface area (Å²) >= 11 is 0. The van der Waals surface area contributed by atoms with Gasteiger partial charge in [-0.1, -0.05) is 13.0 Å². The number of hydrogen-bond acceptors (Lipinski definition) is 5. The molecule has 0 amide bonds. The first-order valence-corrected chi connectivity index (χ1v) is 8.63. The van der Waals surface area contributed by atoms with Gasteiger partial charge in [0.2, 0.25) is 10.0 Å². The number of sulfonamides is 1. The fraction of sp³-hybridized carbons (Fsp3) is 0.846. The van der Waals surface area contributed by atoms with Crippen molar-refractivity contribution in [2.24, 2.45) is 0 Å². The lowest BCUT2D eigenvalue weighted by Gasteiger charge is -2.55. The first kappa shape index (κ1) is 14.5. The van der Waals surface area contributed by atoms with E-state index in [1.165, 1.54) is 10.7 Å². The molecule has 3 fully saturated rings. The molecule has 0 unspecified atom stereocenters. The highest BCUT2D eigenvalue weighted by Gasteiger charge is 2.49. The molecule has 0 N–H and O–H groups in total. The number of morpholine rings is 1. The van der Waals surface area contributed by atoms with Crippen molar-refractivity contribution in [3.63, 3.8) is 0 Å². The van der Waals surface area contributed by atoms with Crippen LogP contribution in [0.25, 0.3) is 0 Å². The van der Waals surface area contributed by atoms with Gasteiger partial charge in [-0.05, 0) is 19.4 Å². The molecule has 0 aliphatic carbocycles. The van der Waals surface area contributed by atoms with E-state index in [9.17, 15) is 8.42 Å². The zero-order valence-corrected chi connectivity index (χ0v) is 12.5. The van der Waals surface area contributed by atoms with Crippen molar-refractivity contribution in [2.75, 3.05) is 39.6 Å². The molecule has 2 atom stereocenters. The van der Waals surface area contributed by atoms with E-state index in [2.05, 4.69) is 11.5 Å². The second-order valence-corrected chi connectivity index (χ2v) is 7.76. The Morgan fingerprint density at radius 3 is 2.85 bits per heavy atom. The second-order valence-electron chi connectivity index (χ2n) is 5.88. The van der Waals surface area contributed by atoms with Gasteiger partial charge < -0.3 is 9.47 Å². The Balaban J connectivity index is 1.84. The Bertz CT molecular complexity index is 475. The highest BCUT2D eigenvalue weighted by molar-refractivity contribution is 7.92. The molecule has 3 aliphatic heterocycles. The first-order valence-electron chi connectivity index (χ1n) is 7.12. The number of piperidine rings is 1. The Kier molecular flexibility index (Phi) is 3.89. The first-order chi connectivity index (χ1) is 9.57. The maximum atomic E-state index is 12.0. The summed E-state index contributed by atoms with van der Waals surface area (Å²) in [5.74, 6) is 0. The molecule has 3 rings (SSSR count). The lowest BCUT2D eigenvalue weighted by Crippen LogP contribution is -2.71. The molecule has 0 aromatic heterocycles. The fourth-order valence-electron chi connectivity index (χ4n) is 3.55. The largest absolute Gasteiger partial charge is 0.378 e. The third-order valence-electron chi connectivity index (χ3n) is 4.56. The third kappa shape index (κ3) is 2.42. The smallest absolute Gasteiger partial charge is 0.237 e. The van der Waals surface area contributed by atoms with Crippen molar-refractivity contribution in [2.45, 2.75) is 30.8 Å². The van der Waals surface area contributed by atoms with Crippen LogP contribution in [-0.4, -0.2) is 68.8 Å². The van der Waals surface area contributed by atoms with Crippen molar-refractivity contribution in [1.82, 2.24) is 9.21 Å². The fourth-order valence-corrected chi connectivity index (χ4v) is 4.41. The zero-order chi connectivity index (χ0) is 14.2. The molecule has 0 aromatic carbocycles. The van der Waals surface area contributed by atoms with Gasteiger partial charge in [0.25, 0.3) is 0 Å². The molecule has 0 aromatic rings. The highest BCUT2D eigenvalue weighted by Crippen LogP contribution is 2.34. The van der Waals surface area contributed by atoms with Crippen molar-refractivity contribution < 1.29 is 17.9 Å². The van der Waals surface area contributed by atoms with E-state index in [0.29, 0.717) is 25.8 Å². The van der Waals surface area contributed by atoms with E-state index in [4.69, 9.17) is 9.47 Å². The average Bonchev–Trinajstić information content (AvgIpc) is 2.48.